The van der Waals surface area contributed by atoms with Crippen LogP contribution in [0.4, 0.5) is 10.6 Å². The van der Waals surface area contributed by atoms with Gasteiger partial charge in [-0.15, -0.1) is 0 Å². The smallest absolute Gasteiger partial charge is 0.410 e. The van der Waals surface area contributed by atoms with Crippen LogP contribution in [0.5, 0.6) is 0 Å². The van der Waals surface area contributed by atoms with Crippen molar-refractivity contribution in [2.45, 2.75) is 44.8 Å². The third-order valence-electron chi connectivity index (χ3n) is 4.82. The lowest BCUT2D eigenvalue weighted by atomic mass is 9.84. The van der Waals surface area contributed by atoms with Gasteiger partial charge in [0.15, 0.2) is 0 Å². The highest BCUT2D eigenvalue weighted by atomic mass is 16.6. The minimum atomic E-state index is -1.10. The molecule has 1 fully saturated rings. The molecule has 7 nitrogen and oxygen atoms in total. The van der Waals surface area contributed by atoms with Crippen LogP contribution in [0.1, 0.15) is 39.3 Å². The summed E-state index contributed by atoms with van der Waals surface area (Å²) >= 11 is 0. The highest BCUT2D eigenvalue weighted by Gasteiger charge is 2.39. The van der Waals surface area contributed by atoms with E-state index >= 15 is 0 Å². The van der Waals surface area contributed by atoms with Crippen molar-refractivity contribution < 1.29 is 14.6 Å². The second kappa shape index (κ2) is 7.75. The third-order valence-corrected chi connectivity index (χ3v) is 4.82. The quantitative estimate of drug-likeness (QED) is 0.843. The highest BCUT2D eigenvalue weighted by molar-refractivity contribution is 5.69. The molecule has 2 N–H and O–H groups in total. The largest absolute Gasteiger partial charge is 0.444 e. The van der Waals surface area contributed by atoms with E-state index in [0.717, 1.165) is 16.9 Å². The van der Waals surface area contributed by atoms with E-state index in [9.17, 15) is 9.90 Å². The van der Waals surface area contributed by atoms with E-state index in [1.807, 2.05) is 52.1 Å². The summed E-state index contributed by atoms with van der Waals surface area (Å²) in [6.07, 6.45) is 3.91. The standard InChI is InChI=1S/C21H28N4O3/c1-20(2,3)28-19(26)25-12-9-21(27,10-13-25)18-16(6-5-11-23-18)15-7-8-17(22-4)24-14-15/h5-8,11,14,27H,9-10,12-13H2,1-4H3,(H,22,24). The number of piperidine rings is 1. The Labute approximate surface area is 165 Å². The Morgan fingerprint density at radius 3 is 2.50 bits per heavy atom. The molecule has 0 saturated carbocycles. The van der Waals surface area contributed by atoms with Crippen molar-refractivity contribution in [3.63, 3.8) is 0 Å². The Morgan fingerprint density at radius 1 is 1.21 bits per heavy atom. The lowest BCUT2D eigenvalue weighted by molar-refractivity contribution is -0.0377. The van der Waals surface area contributed by atoms with E-state index < -0.39 is 11.2 Å². The molecule has 3 rings (SSSR count). The Kier molecular flexibility index (Phi) is 5.56. The van der Waals surface area contributed by atoms with Crippen molar-refractivity contribution in [3.05, 3.63) is 42.4 Å². The number of rotatable bonds is 3. The predicted octanol–water partition coefficient (Wildman–Crippen LogP) is 3.40. The summed E-state index contributed by atoms with van der Waals surface area (Å²) in [5.41, 5.74) is 0.733. The Hall–Kier alpha value is -2.67. The fourth-order valence-corrected chi connectivity index (χ4v) is 3.33. The minimum absolute atomic E-state index is 0.345. The third kappa shape index (κ3) is 4.42. The van der Waals surface area contributed by atoms with Gasteiger partial charge in [0.2, 0.25) is 0 Å². The molecule has 0 aromatic carbocycles. The van der Waals surface area contributed by atoms with Gasteiger partial charge in [-0.3, -0.25) is 4.98 Å². The molecule has 3 heterocycles. The molecule has 1 saturated heterocycles. The first-order valence-electron chi connectivity index (χ1n) is 9.52. The molecule has 28 heavy (non-hydrogen) atoms. The first kappa shape index (κ1) is 20.1. The molecule has 2 aromatic heterocycles. The number of nitrogens with one attached hydrogen (secondary N) is 1. The van der Waals surface area contributed by atoms with Gasteiger partial charge in [0.05, 0.1) is 5.69 Å². The summed E-state index contributed by atoms with van der Waals surface area (Å²) in [4.78, 5) is 22.8. The maximum absolute atomic E-state index is 12.3. The highest BCUT2D eigenvalue weighted by Crippen LogP contribution is 2.37. The summed E-state index contributed by atoms with van der Waals surface area (Å²) in [6.45, 7) is 6.37. The van der Waals surface area contributed by atoms with E-state index in [0.29, 0.717) is 31.6 Å². The van der Waals surface area contributed by atoms with Crippen molar-refractivity contribution in [1.82, 2.24) is 14.9 Å². The molecule has 0 spiro atoms. The minimum Gasteiger partial charge on any atom is -0.444 e. The number of pyridine rings is 2. The van der Waals surface area contributed by atoms with Crippen molar-refractivity contribution >= 4 is 11.9 Å². The zero-order valence-corrected chi connectivity index (χ0v) is 16.9. The average Bonchev–Trinajstić information content (AvgIpc) is 2.67. The zero-order valence-electron chi connectivity index (χ0n) is 16.9. The van der Waals surface area contributed by atoms with Crippen molar-refractivity contribution in [1.29, 1.82) is 0 Å². The Balaban J connectivity index is 1.80. The first-order valence-corrected chi connectivity index (χ1v) is 9.52. The molecule has 0 radical (unpaired) electrons. The number of carbonyl (C=O) groups excluding carboxylic acids is 1. The maximum atomic E-state index is 12.3. The summed E-state index contributed by atoms with van der Waals surface area (Å²) in [7, 11) is 1.82. The summed E-state index contributed by atoms with van der Waals surface area (Å²) < 4.78 is 5.44. The summed E-state index contributed by atoms with van der Waals surface area (Å²) in [5.74, 6) is 0.776. The van der Waals surface area contributed by atoms with E-state index in [2.05, 4.69) is 15.3 Å². The van der Waals surface area contributed by atoms with Crippen LogP contribution in [0.3, 0.4) is 0 Å². The zero-order chi connectivity index (χ0) is 20.4. The van der Waals surface area contributed by atoms with Crippen LogP contribution in [-0.4, -0.2) is 51.8 Å². The van der Waals surface area contributed by atoms with Crippen molar-refractivity contribution in [2.75, 3.05) is 25.5 Å². The molecule has 1 aliphatic rings. The Morgan fingerprint density at radius 2 is 1.93 bits per heavy atom. The van der Waals surface area contributed by atoms with Crippen LogP contribution < -0.4 is 5.32 Å². The summed E-state index contributed by atoms with van der Waals surface area (Å²) in [6, 6.07) is 7.64. The van der Waals surface area contributed by atoms with Crippen LogP contribution in [0.15, 0.2) is 36.7 Å². The van der Waals surface area contributed by atoms with Gasteiger partial charge >= 0.3 is 6.09 Å². The molecular weight excluding hydrogens is 356 g/mol. The molecule has 0 atom stereocenters. The van der Waals surface area contributed by atoms with Gasteiger partial charge in [-0.25, -0.2) is 9.78 Å². The van der Waals surface area contributed by atoms with Crippen LogP contribution in [0.2, 0.25) is 0 Å². The molecular formula is C21H28N4O3. The van der Waals surface area contributed by atoms with Gasteiger partial charge in [0.25, 0.3) is 0 Å². The SMILES string of the molecule is CNc1ccc(-c2cccnc2C2(O)CCN(C(=O)OC(C)(C)C)CC2)cn1. The predicted molar refractivity (Wildman–Crippen MR) is 108 cm³/mol. The van der Waals surface area contributed by atoms with E-state index in [-0.39, 0.29) is 6.09 Å². The fraction of sp³-hybridized carbons (Fsp3) is 0.476. The molecule has 0 unspecified atom stereocenters. The molecule has 0 bridgehead atoms. The second-order valence-corrected chi connectivity index (χ2v) is 8.08. The van der Waals surface area contributed by atoms with Crippen LogP contribution in [0.25, 0.3) is 11.1 Å². The summed E-state index contributed by atoms with van der Waals surface area (Å²) in [5, 5.41) is 14.3. The number of hydrogen-bond acceptors (Lipinski definition) is 6. The number of nitrogens with zero attached hydrogens (tertiary/aromatic N) is 3. The van der Waals surface area contributed by atoms with E-state index in [1.165, 1.54) is 0 Å². The fourth-order valence-electron chi connectivity index (χ4n) is 3.33. The van der Waals surface area contributed by atoms with Crippen LogP contribution in [-0.2, 0) is 10.3 Å². The molecule has 7 heteroatoms. The molecule has 150 valence electrons. The lowest BCUT2D eigenvalue weighted by Crippen LogP contribution is -2.47. The van der Waals surface area contributed by atoms with Crippen LogP contribution in [0, 0.1) is 0 Å². The number of carbonyl (C=O) groups is 1. The molecule has 1 amide bonds. The number of amides is 1. The maximum Gasteiger partial charge on any atom is 0.410 e. The molecule has 1 aliphatic heterocycles. The van der Waals surface area contributed by atoms with Crippen LogP contribution >= 0.6 is 0 Å². The van der Waals surface area contributed by atoms with Gasteiger partial charge in [-0.05, 0) is 51.8 Å². The molecule has 2 aromatic rings. The normalized spacial score (nSPS) is 16.5. The number of hydrogen-bond donors (Lipinski definition) is 2. The molecule has 0 aliphatic carbocycles. The van der Waals surface area contributed by atoms with Gasteiger partial charge in [-0.1, -0.05) is 6.07 Å². The second-order valence-electron chi connectivity index (χ2n) is 8.08. The lowest BCUT2D eigenvalue weighted by Gasteiger charge is -2.39. The van der Waals surface area contributed by atoms with Gasteiger partial charge < -0.3 is 20.1 Å². The number of aliphatic hydroxyl groups is 1. The van der Waals surface area contributed by atoms with Gasteiger partial charge in [-0.2, -0.15) is 0 Å². The van der Waals surface area contributed by atoms with Crippen molar-refractivity contribution in [2.24, 2.45) is 0 Å². The number of ether oxygens (including phenoxy) is 1. The number of likely N-dealkylation sites (tertiary alicyclic amines) is 1. The van der Waals surface area contributed by atoms with E-state index in [4.69, 9.17) is 4.74 Å². The topological polar surface area (TPSA) is 87.6 Å². The first-order chi connectivity index (χ1) is 13.2. The van der Waals surface area contributed by atoms with Crippen molar-refractivity contribution in [3.8, 4) is 11.1 Å². The monoisotopic (exact) mass is 384 g/mol. The number of anilines is 1. The Bertz CT molecular complexity index is 822. The van der Waals surface area contributed by atoms with E-state index in [1.54, 1.807) is 17.3 Å². The van der Waals surface area contributed by atoms with Gasteiger partial charge in [0, 0.05) is 43.7 Å². The average molecular weight is 384 g/mol. The number of aromatic nitrogens is 2. The van der Waals surface area contributed by atoms with Gasteiger partial charge in [0.1, 0.15) is 17.0 Å².